The quantitative estimate of drug-likeness (QED) is 0.389. The molecular formula is C28H31N3O5. The highest BCUT2D eigenvalue weighted by molar-refractivity contribution is 5.93. The van der Waals surface area contributed by atoms with Crippen molar-refractivity contribution in [3.63, 3.8) is 0 Å². The first kappa shape index (κ1) is 24.1. The Hall–Kier alpha value is -3.65. The average molecular weight is 490 g/mol. The van der Waals surface area contributed by atoms with E-state index in [0.29, 0.717) is 19.4 Å². The van der Waals surface area contributed by atoms with Crippen LogP contribution >= 0.6 is 0 Å². The predicted octanol–water partition coefficient (Wildman–Crippen LogP) is 2.88. The van der Waals surface area contributed by atoms with Crippen molar-refractivity contribution in [2.75, 3.05) is 19.8 Å². The fourth-order valence-corrected chi connectivity index (χ4v) is 5.42. The fraction of sp³-hybridized carbons (Fsp3) is 0.393. The highest BCUT2D eigenvalue weighted by Crippen LogP contribution is 2.46. The molecule has 188 valence electrons. The number of carbonyl (C=O) groups is 3. The maximum Gasteiger partial charge on any atom is 0.407 e. The minimum atomic E-state index is -1.03. The van der Waals surface area contributed by atoms with E-state index in [4.69, 9.17) is 9.47 Å². The summed E-state index contributed by atoms with van der Waals surface area (Å²) < 4.78 is 10.8. The van der Waals surface area contributed by atoms with Crippen molar-refractivity contribution in [3.05, 3.63) is 72.3 Å². The molecule has 2 amide bonds. The van der Waals surface area contributed by atoms with Crippen LogP contribution in [0.5, 0.6) is 0 Å². The van der Waals surface area contributed by atoms with Gasteiger partial charge in [-0.1, -0.05) is 54.6 Å². The first-order valence-electron chi connectivity index (χ1n) is 12.4. The molecular weight excluding hydrogens is 458 g/mol. The number of rotatable bonds is 8. The molecule has 8 nitrogen and oxygen atoms in total. The van der Waals surface area contributed by atoms with E-state index in [1.807, 2.05) is 24.3 Å². The molecule has 2 fully saturated rings. The Balaban J connectivity index is 1.14. The molecule has 1 saturated carbocycles. The second-order valence-corrected chi connectivity index (χ2v) is 9.59. The lowest BCUT2D eigenvalue weighted by Gasteiger charge is -2.20. The summed E-state index contributed by atoms with van der Waals surface area (Å²) >= 11 is 0. The second-order valence-electron chi connectivity index (χ2n) is 9.59. The monoisotopic (exact) mass is 489 g/mol. The van der Waals surface area contributed by atoms with E-state index in [-0.39, 0.29) is 37.0 Å². The Labute approximate surface area is 210 Å². The molecule has 0 bridgehead atoms. The Morgan fingerprint density at radius 1 is 1.08 bits per heavy atom. The number of ether oxygens (including phenoxy) is 2. The van der Waals surface area contributed by atoms with Crippen molar-refractivity contribution < 1.29 is 23.9 Å². The normalized spacial score (nSPS) is 25.9. The lowest BCUT2D eigenvalue weighted by atomic mass is 9.98. The van der Waals surface area contributed by atoms with Crippen molar-refractivity contribution in [1.29, 1.82) is 0 Å². The van der Waals surface area contributed by atoms with E-state index >= 15 is 0 Å². The standard InChI is InChI=1S/C28H31N3O5/c1-3-17-14-28(17,26(33)35-4-2)31-25(32)24-13-18(15-29-24)30-27(34)36-16-23-21-11-7-5-9-19(21)20-10-6-8-12-22(20)23/h3,5-12,17-18,23-24,29H,1,4,13-16H2,2H3,(H,30,34)(H,31,32)/t17?,18-,24?,28-/m1/s1. The van der Waals surface area contributed by atoms with Crippen LogP contribution in [0, 0.1) is 5.92 Å². The van der Waals surface area contributed by atoms with Gasteiger partial charge in [0.2, 0.25) is 5.91 Å². The molecule has 1 heterocycles. The molecule has 0 spiro atoms. The molecule has 2 aromatic rings. The summed E-state index contributed by atoms with van der Waals surface area (Å²) in [5.41, 5.74) is 3.62. The van der Waals surface area contributed by atoms with Gasteiger partial charge in [-0.2, -0.15) is 0 Å². The van der Waals surface area contributed by atoms with Gasteiger partial charge in [0.25, 0.3) is 0 Å². The largest absolute Gasteiger partial charge is 0.464 e. The molecule has 2 aromatic carbocycles. The number of esters is 1. The number of alkyl carbamates (subject to hydrolysis) is 1. The minimum Gasteiger partial charge on any atom is -0.464 e. The molecule has 0 radical (unpaired) electrons. The lowest BCUT2D eigenvalue weighted by Crippen LogP contribution is -2.51. The number of fused-ring (bicyclic) bond motifs is 3. The predicted molar refractivity (Wildman–Crippen MR) is 134 cm³/mol. The summed E-state index contributed by atoms with van der Waals surface area (Å²) in [7, 11) is 0. The molecule has 2 aliphatic carbocycles. The third kappa shape index (κ3) is 4.37. The van der Waals surface area contributed by atoms with Crippen molar-refractivity contribution in [1.82, 2.24) is 16.0 Å². The van der Waals surface area contributed by atoms with E-state index in [0.717, 1.165) is 11.1 Å². The minimum absolute atomic E-state index is 0.0150. The van der Waals surface area contributed by atoms with Crippen LogP contribution in [0.3, 0.4) is 0 Å². The van der Waals surface area contributed by atoms with Gasteiger partial charge in [-0.3, -0.25) is 4.79 Å². The van der Waals surface area contributed by atoms with Gasteiger partial charge in [0.15, 0.2) is 0 Å². The molecule has 0 aromatic heterocycles. The molecule has 36 heavy (non-hydrogen) atoms. The molecule has 8 heteroatoms. The van der Waals surface area contributed by atoms with Crippen LogP contribution < -0.4 is 16.0 Å². The Morgan fingerprint density at radius 2 is 1.75 bits per heavy atom. The number of hydrogen-bond donors (Lipinski definition) is 3. The molecule has 2 unspecified atom stereocenters. The SMILES string of the molecule is C=CC1C[C@]1(NC(=O)C1C[C@@H](NC(=O)OCC2c3ccccc3-c3ccccc32)CN1)C(=O)OCC. The number of benzene rings is 2. The van der Waals surface area contributed by atoms with Crippen molar-refractivity contribution in [2.24, 2.45) is 5.92 Å². The third-order valence-corrected chi connectivity index (χ3v) is 7.40. The van der Waals surface area contributed by atoms with Gasteiger partial charge in [0, 0.05) is 24.4 Å². The zero-order chi connectivity index (χ0) is 25.3. The zero-order valence-electron chi connectivity index (χ0n) is 20.3. The van der Waals surface area contributed by atoms with Crippen molar-refractivity contribution in [3.8, 4) is 11.1 Å². The second kappa shape index (κ2) is 9.78. The number of amides is 2. The number of hydrogen-bond acceptors (Lipinski definition) is 6. The maximum atomic E-state index is 12.9. The lowest BCUT2D eigenvalue weighted by molar-refractivity contribution is -0.149. The first-order chi connectivity index (χ1) is 17.5. The van der Waals surface area contributed by atoms with E-state index in [9.17, 15) is 14.4 Å². The number of carbonyl (C=O) groups excluding carboxylic acids is 3. The van der Waals surface area contributed by atoms with Gasteiger partial charge < -0.3 is 25.4 Å². The molecule has 1 aliphatic heterocycles. The molecule has 4 atom stereocenters. The summed E-state index contributed by atoms with van der Waals surface area (Å²) in [6, 6.07) is 15.6. The van der Waals surface area contributed by atoms with Crippen LogP contribution in [-0.4, -0.2) is 55.4 Å². The molecule has 3 N–H and O–H groups in total. The van der Waals surface area contributed by atoms with Crippen LogP contribution in [0.1, 0.15) is 36.8 Å². The fourth-order valence-electron chi connectivity index (χ4n) is 5.42. The van der Waals surface area contributed by atoms with Gasteiger partial charge in [-0.05, 0) is 42.0 Å². The van der Waals surface area contributed by atoms with Crippen LogP contribution in [0.15, 0.2) is 61.2 Å². The smallest absolute Gasteiger partial charge is 0.407 e. The summed E-state index contributed by atoms with van der Waals surface area (Å²) in [6.07, 6.45) is 2.03. The van der Waals surface area contributed by atoms with Crippen LogP contribution in [0.4, 0.5) is 4.79 Å². The van der Waals surface area contributed by atoms with E-state index in [1.165, 1.54) is 11.1 Å². The van der Waals surface area contributed by atoms with Gasteiger partial charge in [-0.15, -0.1) is 6.58 Å². The molecule has 1 saturated heterocycles. The van der Waals surface area contributed by atoms with Crippen LogP contribution in [0.25, 0.3) is 11.1 Å². The van der Waals surface area contributed by atoms with Crippen molar-refractivity contribution in [2.45, 2.75) is 43.3 Å². The summed E-state index contributed by atoms with van der Waals surface area (Å²) in [5.74, 6) is -0.880. The van der Waals surface area contributed by atoms with Crippen molar-refractivity contribution >= 4 is 18.0 Å². The zero-order valence-corrected chi connectivity index (χ0v) is 20.3. The highest BCUT2D eigenvalue weighted by Gasteiger charge is 2.61. The van der Waals surface area contributed by atoms with Crippen LogP contribution in [0.2, 0.25) is 0 Å². The highest BCUT2D eigenvalue weighted by atomic mass is 16.5. The maximum absolute atomic E-state index is 12.9. The Morgan fingerprint density at radius 3 is 2.36 bits per heavy atom. The molecule has 5 rings (SSSR count). The van der Waals surface area contributed by atoms with E-state index < -0.39 is 23.6 Å². The Bertz CT molecular complexity index is 1150. The van der Waals surface area contributed by atoms with Crippen LogP contribution in [-0.2, 0) is 19.1 Å². The van der Waals surface area contributed by atoms with E-state index in [1.54, 1.807) is 13.0 Å². The summed E-state index contributed by atoms with van der Waals surface area (Å²) in [6.45, 7) is 6.38. The van der Waals surface area contributed by atoms with Gasteiger partial charge >= 0.3 is 12.1 Å². The number of nitrogens with one attached hydrogen (secondary N) is 3. The average Bonchev–Trinajstić information content (AvgIpc) is 3.24. The van der Waals surface area contributed by atoms with Gasteiger partial charge in [0.1, 0.15) is 12.1 Å². The summed E-state index contributed by atoms with van der Waals surface area (Å²) in [5, 5.41) is 8.85. The Kier molecular flexibility index (Phi) is 6.53. The van der Waals surface area contributed by atoms with Gasteiger partial charge in [0.05, 0.1) is 12.6 Å². The first-order valence-corrected chi connectivity index (χ1v) is 12.4. The van der Waals surface area contributed by atoms with E-state index in [2.05, 4.69) is 46.8 Å². The topological polar surface area (TPSA) is 106 Å². The molecule has 3 aliphatic rings. The van der Waals surface area contributed by atoms with Gasteiger partial charge in [-0.25, -0.2) is 9.59 Å². The third-order valence-electron chi connectivity index (χ3n) is 7.40. The summed E-state index contributed by atoms with van der Waals surface area (Å²) in [4.78, 5) is 37.9.